The van der Waals surface area contributed by atoms with Gasteiger partial charge in [-0.05, 0) is 30.7 Å². The minimum absolute atomic E-state index is 0.0331. The van der Waals surface area contributed by atoms with Crippen molar-refractivity contribution < 1.29 is 14.5 Å². The van der Waals surface area contributed by atoms with E-state index in [4.69, 9.17) is 11.6 Å². The zero-order chi connectivity index (χ0) is 18.7. The Morgan fingerprint density at radius 1 is 1.23 bits per heavy atom. The van der Waals surface area contributed by atoms with Crippen molar-refractivity contribution in [1.29, 1.82) is 0 Å². The fourth-order valence-electron chi connectivity index (χ4n) is 2.88. The van der Waals surface area contributed by atoms with Crippen LogP contribution in [0.3, 0.4) is 0 Å². The van der Waals surface area contributed by atoms with Crippen LogP contribution in [0.1, 0.15) is 23.2 Å². The molecule has 3 rings (SSSR count). The van der Waals surface area contributed by atoms with Crippen LogP contribution in [0.4, 0.5) is 11.4 Å². The van der Waals surface area contributed by atoms with Gasteiger partial charge in [0, 0.05) is 29.7 Å². The third-order valence-corrected chi connectivity index (χ3v) is 4.42. The molecule has 2 aromatic carbocycles. The van der Waals surface area contributed by atoms with Crippen molar-refractivity contribution >= 4 is 34.8 Å². The van der Waals surface area contributed by atoms with Crippen molar-refractivity contribution in [2.45, 2.75) is 12.8 Å². The van der Waals surface area contributed by atoms with Gasteiger partial charge >= 0.3 is 0 Å². The predicted octanol–water partition coefficient (Wildman–Crippen LogP) is 3.47. The molecule has 0 saturated carbocycles. The van der Waals surface area contributed by atoms with Gasteiger partial charge in [-0.25, -0.2) is 0 Å². The topological polar surface area (TPSA) is 83.8 Å². The van der Waals surface area contributed by atoms with Gasteiger partial charge in [0.25, 0.3) is 11.6 Å². The number of carbonyl (C=O) groups excluding carboxylic acids is 2. The Balaban J connectivity index is 2.01. The first-order chi connectivity index (χ1) is 12.5. The average molecular weight is 374 g/mol. The Labute approximate surface area is 154 Å². The summed E-state index contributed by atoms with van der Waals surface area (Å²) in [6, 6.07) is 12.6. The van der Waals surface area contributed by atoms with Crippen LogP contribution in [-0.2, 0) is 4.79 Å². The molecule has 0 unspecified atom stereocenters. The molecule has 0 aromatic heterocycles. The number of nitrogens with zero attached hydrogens (tertiary/aromatic N) is 3. The SMILES string of the molecule is O=C1CCCN1CN(C(=O)c1cc(Cl)ccc1[N+](=O)[O-])c1ccccc1. The molecule has 1 aliphatic heterocycles. The van der Waals surface area contributed by atoms with Crippen LogP contribution in [0.15, 0.2) is 48.5 Å². The van der Waals surface area contributed by atoms with Crippen LogP contribution in [-0.4, -0.2) is 34.9 Å². The maximum atomic E-state index is 13.1. The van der Waals surface area contributed by atoms with Crippen LogP contribution in [0.5, 0.6) is 0 Å². The van der Waals surface area contributed by atoms with Crippen LogP contribution >= 0.6 is 11.6 Å². The standard InChI is InChI=1S/C18H16ClN3O4/c19-13-8-9-16(22(25)26)15(11-13)18(24)21(14-5-2-1-3-6-14)12-20-10-4-7-17(20)23/h1-3,5-6,8-9,11H,4,7,10,12H2. The number of nitro groups is 1. The van der Waals surface area contributed by atoms with Crippen LogP contribution in [0.2, 0.25) is 5.02 Å². The van der Waals surface area contributed by atoms with Gasteiger partial charge in [0.15, 0.2) is 0 Å². The fraction of sp³-hybridized carbons (Fsp3) is 0.222. The minimum atomic E-state index is -0.617. The van der Waals surface area contributed by atoms with Crippen molar-refractivity contribution in [3.05, 3.63) is 69.2 Å². The van der Waals surface area contributed by atoms with Gasteiger partial charge in [0.05, 0.1) is 4.92 Å². The van der Waals surface area contributed by atoms with Crippen LogP contribution < -0.4 is 4.90 Å². The summed E-state index contributed by atoms with van der Waals surface area (Å²) in [7, 11) is 0. The van der Waals surface area contributed by atoms with Gasteiger partial charge in [-0.3, -0.25) is 24.6 Å². The maximum Gasteiger partial charge on any atom is 0.282 e. The Morgan fingerprint density at radius 2 is 1.96 bits per heavy atom. The highest BCUT2D eigenvalue weighted by Gasteiger charge is 2.30. The molecule has 1 fully saturated rings. The molecule has 134 valence electrons. The van der Waals surface area contributed by atoms with Gasteiger partial charge in [0.2, 0.25) is 5.91 Å². The number of carbonyl (C=O) groups is 2. The van der Waals surface area contributed by atoms with E-state index in [1.807, 2.05) is 0 Å². The number of nitro benzene ring substituents is 1. The number of hydrogen-bond acceptors (Lipinski definition) is 4. The predicted molar refractivity (Wildman–Crippen MR) is 97.2 cm³/mol. The molecule has 2 amide bonds. The molecule has 0 radical (unpaired) electrons. The lowest BCUT2D eigenvalue weighted by Crippen LogP contribution is -2.42. The van der Waals surface area contributed by atoms with Crippen LogP contribution in [0.25, 0.3) is 0 Å². The highest BCUT2D eigenvalue weighted by Crippen LogP contribution is 2.27. The van der Waals surface area contributed by atoms with Crippen molar-refractivity contribution in [2.24, 2.45) is 0 Å². The number of rotatable bonds is 5. The highest BCUT2D eigenvalue weighted by molar-refractivity contribution is 6.31. The second-order valence-electron chi connectivity index (χ2n) is 5.89. The third kappa shape index (κ3) is 3.67. The van der Waals surface area contributed by atoms with Gasteiger partial charge in [-0.1, -0.05) is 29.8 Å². The van der Waals surface area contributed by atoms with E-state index >= 15 is 0 Å². The smallest absolute Gasteiger partial charge is 0.282 e. The Bertz CT molecular complexity index is 857. The molecule has 8 heteroatoms. The highest BCUT2D eigenvalue weighted by atomic mass is 35.5. The lowest BCUT2D eigenvalue weighted by molar-refractivity contribution is -0.385. The zero-order valence-corrected chi connectivity index (χ0v) is 14.6. The minimum Gasteiger partial charge on any atom is -0.324 e. The lowest BCUT2D eigenvalue weighted by atomic mass is 10.1. The van der Waals surface area contributed by atoms with Crippen molar-refractivity contribution in [1.82, 2.24) is 4.90 Å². The summed E-state index contributed by atoms with van der Waals surface area (Å²) >= 11 is 5.95. The van der Waals surface area contributed by atoms with E-state index in [0.29, 0.717) is 18.7 Å². The van der Waals surface area contributed by atoms with E-state index in [-0.39, 0.29) is 28.8 Å². The molecule has 1 aliphatic rings. The monoisotopic (exact) mass is 373 g/mol. The van der Waals surface area contributed by atoms with Crippen LogP contribution in [0, 0.1) is 10.1 Å². The molecule has 0 aliphatic carbocycles. The molecule has 0 N–H and O–H groups in total. The molecule has 0 bridgehead atoms. The van der Waals surface area contributed by atoms with E-state index in [9.17, 15) is 19.7 Å². The van der Waals surface area contributed by atoms with E-state index in [1.165, 1.54) is 23.1 Å². The van der Waals surface area contributed by atoms with E-state index in [1.54, 1.807) is 35.2 Å². The van der Waals surface area contributed by atoms with Crippen molar-refractivity contribution in [3.63, 3.8) is 0 Å². The first-order valence-electron chi connectivity index (χ1n) is 8.06. The van der Waals surface area contributed by atoms with E-state index in [2.05, 4.69) is 0 Å². The first-order valence-corrected chi connectivity index (χ1v) is 8.44. The number of para-hydroxylation sites is 1. The van der Waals surface area contributed by atoms with E-state index in [0.717, 1.165) is 6.42 Å². The molecule has 0 spiro atoms. The summed E-state index contributed by atoms with van der Waals surface area (Å²) in [5.41, 5.74) is 0.109. The Hall–Kier alpha value is -2.93. The molecular formula is C18H16ClN3O4. The van der Waals surface area contributed by atoms with Gasteiger partial charge in [-0.2, -0.15) is 0 Å². The number of hydrogen-bond donors (Lipinski definition) is 0. The van der Waals surface area contributed by atoms with Crippen molar-refractivity contribution in [3.8, 4) is 0 Å². The molecule has 0 atom stereocenters. The Kier molecular flexibility index (Phi) is 5.18. The molecular weight excluding hydrogens is 358 g/mol. The third-order valence-electron chi connectivity index (χ3n) is 4.18. The largest absolute Gasteiger partial charge is 0.324 e. The maximum absolute atomic E-state index is 13.1. The second-order valence-corrected chi connectivity index (χ2v) is 6.33. The summed E-state index contributed by atoms with van der Waals surface area (Å²) in [4.78, 5) is 38.8. The number of anilines is 1. The first kappa shape index (κ1) is 17.9. The summed E-state index contributed by atoms with van der Waals surface area (Å²) in [5.74, 6) is -0.621. The molecule has 26 heavy (non-hydrogen) atoms. The Morgan fingerprint density at radius 3 is 2.58 bits per heavy atom. The number of likely N-dealkylation sites (tertiary alicyclic amines) is 1. The second kappa shape index (κ2) is 7.53. The normalized spacial score (nSPS) is 13.7. The number of benzene rings is 2. The number of amides is 2. The molecule has 2 aromatic rings. The van der Waals surface area contributed by atoms with E-state index < -0.39 is 10.8 Å². The quantitative estimate of drug-likeness (QED) is 0.593. The summed E-state index contributed by atoms with van der Waals surface area (Å²) in [6.45, 7) is 0.582. The number of halogens is 1. The van der Waals surface area contributed by atoms with Gasteiger partial charge in [0.1, 0.15) is 12.2 Å². The van der Waals surface area contributed by atoms with Gasteiger partial charge in [-0.15, -0.1) is 0 Å². The summed E-state index contributed by atoms with van der Waals surface area (Å²) < 4.78 is 0. The zero-order valence-electron chi connectivity index (χ0n) is 13.8. The molecule has 1 saturated heterocycles. The summed E-state index contributed by atoms with van der Waals surface area (Å²) in [6.07, 6.45) is 1.17. The van der Waals surface area contributed by atoms with Crippen molar-refractivity contribution in [2.75, 3.05) is 18.1 Å². The lowest BCUT2D eigenvalue weighted by Gasteiger charge is -2.28. The fourth-order valence-corrected chi connectivity index (χ4v) is 3.05. The summed E-state index contributed by atoms with van der Waals surface area (Å²) in [5, 5.41) is 11.5. The molecule has 1 heterocycles. The van der Waals surface area contributed by atoms with Gasteiger partial charge < -0.3 is 4.90 Å². The molecule has 7 nitrogen and oxygen atoms in total. The average Bonchev–Trinajstić information content (AvgIpc) is 3.04.